The number of fused-ring (bicyclic) bond motifs is 8. The van der Waals surface area contributed by atoms with Crippen LogP contribution in [0.2, 0.25) is 0 Å². The van der Waals surface area contributed by atoms with Crippen LogP contribution in [0.4, 0.5) is 0 Å². The molecule has 0 saturated heterocycles. The fourth-order valence-electron chi connectivity index (χ4n) is 9.13. The predicted molar refractivity (Wildman–Crippen MR) is 266 cm³/mol. The van der Waals surface area contributed by atoms with E-state index in [1.807, 2.05) is 0 Å². The zero-order chi connectivity index (χ0) is 40.6. The Morgan fingerprint density at radius 2 is 0.621 bits per heavy atom. The van der Waals surface area contributed by atoms with Crippen LogP contribution < -0.4 is 21.2 Å². The van der Waals surface area contributed by atoms with E-state index in [0.717, 1.165) is 99.4 Å². The number of H-pyrrole nitrogens is 2. The number of aromatic nitrogens is 4. The topological polar surface area (TPSA) is 57.4 Å². The first-order valence-corrected chi connectivity index (χ1v) is 21.8. The Kier molecular flexibility index (Phi) is 10.1. The number of hydrogen-bond acceptors (Lipinski definition) is 2. The molecule has 8 heteroatoms. The van der Waals surface area contributed by atoms with Crippen LogP contribution in [0.15, 0.2) is 84.9 Å². The first-order valence-electron chi connectivity index (χ1n) is 19.5. The Labute approximate surface area is 350 Å². The lowest BCUT2D eigenvalue weighted by Crippen LogP contribution is -2.02. The van der Waals surface area contributed by atoms with Crippen molar-refractivity contribution < 1.29 is 0 Å². The first kappa shape index (κ1) is 38.7. The minimum atomic E-state index is 0.901. The van der Waals surface area contributed by atoms with Crippen molar-refractivity contribution in [3.8, 4) is 44.5 Å². The Hall–Kier alpha value is -4.80. The van der Waals surface area contributed by atoms with Crippen molar-refractivity contribution in [2.24, 2.45) is 0 Å². The zero-order valence-electron chi connectivity index (χ0n) is 33.6. The molecule has 7 aromatic rings. The summed E-state index contributed by atoms with van der Waals surface area (Å²) in [7, 11) is 11.5. The highest BCUT2D eigenvalue weighted by Gasteiger charge is 2.22. The molecule has 4 unspecified atom stereocenters. The maximum atomic E-state index is 5.55. The van der Waals surface area contributed by atoms with Crippen LogP contribution in [0, 0.1) is 41.5 Å². The number of aryl methyl sites for hydroxylation is 6. The van der Waals surface area contributed by atoms with E-state index < -0.39 is 0 Å². The number of aromatic amines is 2. The molecule has 0 radical (unpaired) electrons. The molecule has 0 amide bonds. The molecule has 2 N–H and O–H groups in total. The fourth-order valence-corrected chi connectivity index (χ4v) is 11.0. The lowest BCUT2D eigenvalue weighted by molar-refractivity contribution is 1.28. The normalized spacial score (nSPS) is 12.2. The van der Waals surface area contributed by atoms with Crippen molar-refractivity contribution in [2.75, 3.05) is 0 Å². The van der Waals surface area contributed by atoms with Gasteiger partial charge < -0.3 is 9.97 Å². The van der Waals surface area contributed by atoms with Crippen molar-refractivity contribution in [3.63, 3.8) is 0 Å². The van der Waals surface area contributed by atoms with Gasteiger partial charge >= 0.3 is 0 Å². The molecular weight excluding hydrogens is 780 g/mol. The summed E-state index contributed by atoms with van der Waals surface area (Å²) in [5.41, 5.74) is 23.7. The monoisotopic (exact) mass is 826 g/mol. The number of nitrogens with zero attached hydrogens (tertiary/aromatic N) is 2. The van der Waals surface area contributed by atoms with Gasteiger partial charge in [-0.1, -0.05) is 35.4 Å². The zero-order valence-corrected chi connectivity index (χ0v) is 38.2. The van der Waals surface area contributed by atoms with Gasteiger partial charge in [0.1, 0.15) is 0 Å². The summed E-state index contributed by atoms with van der Waals surface area (Å²) < 4.78 is 0. The number of nitrogens with one attached hydrogen (secondary N) is 2. The highest BCUT2D eigenvalue weighted by molar-refractivity contribution is 7.29. The van der Waals surface area contributed by atoms with Gasteiger partial charge in [0.05, 0.1) is 22.8 Å². The summed E-state index contributed by atoms with van der Waals surface area (Å²) in [4.78, 5) is 19.0. The maximum absolute atomic E-state index is 5.55. The molecule has 4 atom stereocenters. The molecule has 2 aliphatic heterocycles. The average Bonchev–Trinajstić information content (AvgIpc) is 3.97. The lowest BCUT2D eigenvalue weighted by atomic mass is 9.92. The maximum Gasteiger partial charge on any atom is 0.0737 e. The second-order valence-electron chi connectivity index (χ2n) is 15.8. The Morgan fingerprint density at radius 1 is 0.345 bits per heavy atom. The summed E-state index contributed by atoms with van der Waals surface area (Å²) in [5, 5.41) is 4.44. The van der Waals surface area contributed by atoms with Crippen LogP contribution >= 0.6 is 37.0 Å². The Morgan fingerprint density at radius 3 is 0.931 bits per heavy atom. The molecular formula is C50H46N4P4. The summed E-state index contributed by atoms with van der Waals surface area (Å²) in [5.74, 6) is 0. The third-order valence-corrected chi connectivity index (χ3v) is 12.5. The van der Waals surface area contributed by atoms with E-state index in [-0.39, 0.29) is 0 Å². The molecule has 58 heavy (non-hydrogen) atoms. The van der Waals surface area contributed by atoms with E-state index in [4.69, 9.17) is 9.97 Å². The molecule has 286 valence electrons. The van der Waals surface area contributed by atoms with Crippen LogP contribution in [-0.2, 0) is 0 Å². The fraction of sp³-hybridized carbons (Fsp3) is 0.120. The van der Waals surface area contributed by atoms with Crippen molar-refractivity contribution in [2.45, 2.75) is 41.5 Å². The second kappa shape index (κ2) is 15.1. The van der Waals surface area contributed by atoms with E-state index >= 15 is 0 Å². The van der Waals surface area contributed by atoms with E-state index in [0.29, 0.717) is 0 Å². The van der Waals surface area contributed by atoms with Crippen LogP contribution in [0.3, 0.4) is 0 Å². The molecule has 0 fully saturated rings. The van der Waals surface area contributed by atoms with Gasteiger partial charge in [-0.15, -0.1) is 37.0 Å². The highest BCUT2D eigenvalue weighted by Crippen LogP contribution is 2.41. The minimum absolute atomic E-state index is 0.901. The number of hydrogen-bond donors (Lipinski definition) is 2. The quantitative estimate of drug-likeness (QED) is 0.174. The molecule has 0 saturated carbocycles. The molecule has 8 bridgehead atoms. The van der Waals surface area contributed by atoms with E-state index in [9.17, 15) is 0 Å². The third-order valence-electron chi connectivity index (χ3n) is 11.1. The van der Waals surface area contributed by atoms with Crippen LogP contribution in [0.25, 0.3) is 90.9 Å². The Bertz CT molecular complexity index is 2830. The van der Waals surface area contributed by atoms with Gasteiger partial charge in [-0.25, -0.2) is 9.97 Å². The highest BCUT2D eigenvalue weighted by atomic mass is 31.0. The number of rotatable bonds is 4. The van der Waals surface area contributed by atoms with Crippen molar-refractivity contribution in [1.29, 1.82) is 0 Å². The average molecular weight is 827 g/mol. The predicted octanol–water partition coefficient (Wildman–Crippen LogP) is 11.2. The van der Waals surface area contributed by atoms with Crippen LogP contribution in [0.1, 0.15) is 56.2 Å². The Balaban J connectivity index is 1.52. The minimum Gasteiger partial charge on any atom is -0.354 e. The van der Waals surface area contributed by atoms with Crippen LogP contribution in [0.5, 0.6) is 0 Å². The summed E-state index contributed by atoms with van der Waals surface area (Å²) >= 11 is 0. The standard InChI is InChI=1S/C50H46N4P4/c1-25-15-27(3)45(28(4)16-25)49-41-11-7-37(51-41)47(31-19-33(55)23-34(56)20-31)39-9-13-43(53-39)50(46-29(5)17-26(2)18-30(46)6)44-14-10-40(54-44)48(38-8-12-42(49)52-38)32-21-35(57)24-36(58)22-32/h7-24,51,54H,55-58H2,1-6H3. The van der Waals surface area contributed by atoms with E-state index in [1.165, 1.54) is 44.5 Å². The summed E-state index contributed by atoms with van der Waals surface area (Å²) in [6, 6.07) is 31.1. The first-order chi connectivity index (χ1) is 27.8. The smallest absolute Gasteiger partial charge is 0.0737 e. The van der Waals surface area contributed by atoms with Crippen molar-refractivity contribution >= 4 is 105 Å². The van der Waals surface area contributed by atoms with Gasteiger partial charge in [0.2, 0.25) is 0 Å². The molecule has 0 aliphatic carbocycles. The summed E-state index contributed by atoms with van der Waals surface area (Å²) in [6.45, 7) is 13.2. The number of benzene rings is 4. The van der Waals surface area contributed by atoms with Crippen molar-refractivity contribution in [1.82, 2.24) is 19.9 Å². The molecule has 5 heterocycles. The molecule has 2 aliphatic rings. The third kappa shape index (κ3) is 7.06. The second-order valence-corrected chi connectivity index (χ2v) is 18.5. The van der Waals surface area contributed by atoms with Crippen molar-refractivity contribution in [3.05, 3.63) is 141 Å². The van der Waals surface area contributed by atoms with E-state index in [1.54, 1.807) is 0 Å². The van der Waals surface area contributed by atoms with Gasteiger partial charge in [0, 0.05) is 44.3 Å². The molecule has 3 aromatic heterocycles. The van der Waals surface area contributed by atoms with E-state index in [2.05, 4.69) is 198 Å². The molecule has 4 nitrogen and oxygen atoms in total. The van der Waals surface area contributed by atoms with Crippen LogP contribution in [-0.4, -0.2) is 19.9 Å². The van der Waals surface area contributed by atoms with Gasteiger partial charge in [-0.05, 0) is 192 Å². The summed E-state index contributed by atoms with van der Waals surface area (Å²) in [6.07, 6.45) is 8.72. The van der Waals surface area contributed by atoms with Gasteiger partial charge in [-0.2, -0.15) is 0 Å². The lowest BCUT2D eigenvalue weighted by Gasteiger charge is -2.13. The SMILES string of the molecule is Cc1cc(C)c(-c2c3nc(c(-c4cc(P)cc(P)c4)c4ccc([nH]4)c(-c4c(C)cc(C)cc4C)c4nc(c(-c5cc(P)cc(P)c5)c5ccc2[nH]5)C=C4)C=C3)c(C)c1. The molecule has 9 rings (SSSR count). The largest absolute Gasteiger partial charge is 0.354 e. The van der Waals surface area contributed by atoms with Gasteiger partial charge in [0.15, 0.2) is 0 Å². The molecule has 4 aromatic carbocycles. The van der Waals surface area contributed by atoms with Gasteiger partial charge in [-0.3, -0.25) is 0 Å². The van der Waals surface area contributed by atoms with Gasteiger partial charge in [0.25, 0.3) is 0 Å². The molecule has 0 spiro atoms.